The first-order valence-electron chi connectivity index (χ1n) is 9.12. The average Bonchev–Trinajstić information content (AvgIpc) is 3.29. The lowest BCUT2D eigenvalue weighted by atomic mass is 9.90. The van der Waals surface area contributed by atoms with Crippen molar-refractivity contribution in [2.24, 2.45) is 5.92 Å². The number of thiophene rings is 1. The zero-order valence-electron chi connectivity index (χ0n) is 15.6. The minimum atomic E-state index is -0.347. The second-order valence-electron chi connectivity index (χ2n) is 7.08. The molecular formula is C20H20FN3O2S2. The third kappa shape index (κ3) is 4.28. The topological polar surface area (TPSA) is 68.0 Å². The molecule has 0 bridgehead atoms. The molecule has 0 aliphatic heterocycles. The van der Waals surface area contributed by atoms with Crippen LogP contribution in [0.2, 0.25) is 0 Å². The van der Waals surface area contributed by atoms with Crippen molar-refractivity contribution in [3.63, 3.8) is 0 Å². The van der Waals surface area contributed by atoms with Crippen LogP contribution >= 0.6 is 23.1 Å². The quantitative estimate of drug-likeness (QED) is 0.585. The summed E-state index contributed by atoms with van der Waals surface area (Å²) in [7, 11) is 0. The maximum Gasteiger partial charge on any atom is 0.277 e. The van der Waals surface area contributed by atoms with Gasteiger partial charge >= 0.3 is 0 Å². The van der Waals surface area contributed by atoms with Gasteiger partial charge in [0.1, 0.15) is 5.82 Å². The van der Waals surface area contributed by atoms with Crippen molar-refractivity contribution >= 4 is 34.7 Å². The van der Waals surface area contributed by atoms with Crippen LogP contribution in [-0.2, 0) is 17.6 Å². The van der Waals surface area contributed by atoms with E-state index in [0.29, 0.717) is 28.3 Å². The number of hydrogen-bond acceptors (Lipinski definition) is 6. The van der Waals surface area contributed by atoms with Gasteiger partial charge in [0.2, 0.25) is 5.91 Å². The van der Waals surface area contributed by atoms with E-state index >= 15 is 0 Å². The van der Waals surface area contributed by atoms with E-state index in [1.165, 1.54) is 22.9 Å². The molecule has 0 unspecified atom stereocenters. The number of halogens is 1. The number of nitrogens with zero attached hydrogens (tertiary/aromatic N) is 2. The van der Waals surface area contributed by atoms with Gasteiger partial charge in [-0.05, 0) is 61.4 Å². The molecule has 8 heteroatoms. The molecule has 0 saturated heterocycles. The van der Waals surface area contributed by atoms with Crippen LogP contribution in [0.15, 0.2) is 33.9 Å². The first-order valence-corrected chi connectivity index (χ1v) is 10.9. The molecule has 0 fully saturated rings. The Morgan fingerprint density at radius 2 is 2.25 bits per heavy atom. The number of benzene rings is 1. The van der Waals surface area contributed by atoms with Gasteiger partial charge in [0, 0.05) is 10.6 Å². The highest BCUT2D eigenvalue weighted by atomic mass is 32.2. The second kappa shape index (κ2) is 8.05. The number of anilines is 1. The van der Waals surface area contributed by atoms with Gasteiger partial charge in [0.15, 0.2) is 0 Å². The Bertz CT molecular complexity index is 1010. The van der Waals surface area contributed by atoms with Gasteiger partial charge in [-0.25, -0.2) is 4.39 Å². The van der Waals surface area contributed by atoms with E-state index in [1.54, 1.807) is 30.4 Å². The largest absolute Gasteiger partial charge is 0.410 e. The smallest absolute Gasteiger partial charge is 0.277 e. The number of rotatable bonds is 5. The van der Waals surface area contributed by atoms with Crippen LogP contribution in [0.25, 0.3) is 10.8 Å². The first kappa shape index (κ1) is 19.1. The molecule has 0 spiro atoms. The number of fused-ring (bicyclic) bond motifs is 1. The molecule has 1 atom stereocenters. The van der Waals surface area contributed by atoms with Crippen molar-refractivity contribution in [1.82, 2.24) is 10.2 Å². The monoisotopic (exact) mass is 417 g/mol. The third-order valence-corrected chi connectivity index (χ3v) is 6.77. The van der Waals surface area contributed by atoms with Crippen LogP contribution in [0.3, 0.4) is 0 Å². The van der Waals surface area contributed by atoms with Gasteiger partial charge in [0.05, 0.1) is 10.6 Å². The van der Waals surface area contributed by atoms with Crippen molar-refractivity contribution in [2.45, 2.75) is 38.3 Å². The Labute approximate surface area is 170 Å². The van der Waals surface area contributed by atoms with Gasteiger partial charge < -0.3 is 9.73 Å². The molecule has 5 nitrogen and oxygen atoms in total. The number of amides is 1. The van der Waals surface area contributed by atoms with Crippen LogP contribution in [0.4, 0.5) is 10.1 Å². The Balaban J connectivity index is 1.36. The van der Waals surface area contributed by atoms with E-state index in [9.17, 15) is 9.18 Å². The summed E-state index contributed by atoms with van der Waals surface area (Å²) >= 11 is 2.88. The molecule has 2 aromatic heterocycles. The fourth-order valence-electron chi connectivity index (χ4n) is 3.17. The number of aryl methyl sites for hydroxylation is 2. The highest BCUT2D eigenvalue weighted by Crippen LogP contribution is 2.37. The number of nitrogens with one attached hydrogen (secondary N) is 1. The molecular weight excluding hydrogens is 397 g/mol. The van der Waals surface area contributed by atoms with Crippen molar-refractivity contribution in [3.05, 3.63) is 46.1 Å². The number of thioether (sulfide) groups is 1. The van der Waals surface area contributed by atoms with Gasteiger partial charge in [-0.2, -0.15) is 0 Å². The molecule has 1 aromatic carbocycles. The van der Waals surface area contributed by atoms with Crippen molar-refractivity contribution in [1.29, 1.82) is 0 Å². The zero-order valence-corrected chi connectivity index (χ0v) is 17.3. The van der Waals surface area contributed by atoms with Gasteiger partial charge in [0.25, 0.3) is 11.1 Å². The summed E-state index contributed by atoms with van der Waals surface area (Å²) in [4.78, 5) is 14.5. The molecule has 0 saturated carbocycles. The minimum Gasteiger partial charge on any atom is -0.410 e. The summed E-state index contributed by atoms with van der Waals surface area (Å²) in [6, 6.07) is 6.76. The van der Waals surface area contributed by atoms with E-state index in [4.69, 9.17) is 4.42 Å². The number of carbonyl (C=O) groups excluding carboxylic acids is 1. The Morgan fingerprint density at radius 1 is 1.39 bits per heavy atom. The summed E-state index contributed by atoms with van der Waals surface area (Å²) in [5.74, 6) is 0.712. The van der Waals surface area contributed by atoms with Gasteiger partial charge in [-0.15, -0.1) is 21.5 Å². The molecule has 1 amide bonds. The standard InChI is InChI=1S/C20H20FN3O2S2/c1-11-3-6-16-13(7-11)8-17(28-16)19-23-24-20(26-19)27-10-18(25)22-14-5-4-12(2)15(21)9-14/h4-5,8-9,11H,3,6-7,10H2,1-2H3,(H,22,25)/t11-/m1/s1. The van der Waals surface area contributed by atoms with Gasteiger partial charge in [-0.3, -0.25) is 4.79 Å². The molecule has 1 N–H and O–H groups in total. The molecule has 0 radical (unpaired) electrons. The SMILES string of the molecule is Cc1ccc(NC(=O)CSc2nnc(-c3cc4c(s3)CC[C@@H](C)C4)o2)cc1F. The van der Waals surface area contributed by atoms with Crippen LogP contribution in [-0.4, -0.2) is 21.9 Å². The van der Waals surface area contributed by atoms with E-state index in [-0.39, 0.29) is 17.5 Å². The highest BCUT2D eigenvalue weighted by molar-refractivity contribution is 7.99. The summed E-state index contributed by atoms with van der Waals surface area (Å²) in [5.41, 5.74) is 2.35. The van der Waals surface area contributed by atoms with Crippen LogP contribution in [0.1, 0.15) is 29.3 Å². The second-order valence-corrected chi connectivity index (χ2v) is 9.14. The zero-order chi connectivity index (χ0) is 19.7. The summed E-state index contributed by atoms with van der Waals surface area (Å²) < 4.78 is 19.3. The first-order chi connectivity index (χ1) is 13.5. The Hall–Kier alpha value is -2.19. The molecule has 3 aromatic rings. The molecule has 1 aliphatic rings. The lowest BCUT2D eigenvalue weighted by molar-refractivity contribution is -0.113. The molecule has 4 rings (SSSR count). The summed E-state index contributed by atoms with van der Waals surface area (Å²) in [6.07, 6.45) is 3.43. The Morgan fingerprint density at radius 3 is 3.07 bits per heavy atom. The number of hydrogen-bond donors (Lipinski definition) is 1. The molecule has 2 heterocycles. The average molecular weight is 418 g/mol. The molecule has 1 aliphatic carbocycles. The fourth-order valence-corrected chi connectivity index (χ4v) is 4.87. The summed E-state index contributed by atoms with van der Waals surface area (Å²) in [5, 5.41) is 11.2. The van der Waals surface area contributed by atoms with E-state index in [0.717, 1.165) is 29.5 Å². The maximum absolute atomic E-state index is 13.6. The lowest BCUT2D eigenvalue weighted by Gasteiger charge is -2.16. The van der Waals surface area contributed by atoms with E-state index in [1.807, 2.05) is 0 Å². The van der Waals surface area contributed by atoms with Crippen molar-refractivity contribution in [2.75, 3.05) is 11.1 Å². The van der Waals surface area contributed by atoms with Crippen LogP contribution < -0.4 is 5.32 Å². The molecule has 28 heavy (non-hydrogen) atoms. The lowest BCUT2D eigenvalue weighted by Crippen LogP contribution is -2.14. The maximum atomic E-state index is 13.6. The number of carbonyl (C=O) groups is 1. The predicted molar refractivity (Wildman–Crippen MR) is 109 cm³/mol. The van der Waals surface area contributed by atoms with Crippen LogP contribution in [0, 0.1) is 18.7 Å². The Kier molecular flexibility index (Phi) is 5.50. The van der Waals surface area contributed by atoms with Crippen LogP contribution in [0.5, 0.6) is 0 Å². The molecule has 146 valence electrons. The normalized spacial score (nSPS) is 16.0. The minimum absolute atomic E-state index is 0.107. The third-order valence-electron chi connectivity index (χ3n) is 4.73. The number of aromatic nitrogens is 2. The van der Waals surface area contributed by atoms with Crippen molar-refractivity contribution < 1.29 is 13.6 Å². The highest BCUT2D eigenvalue weighted by Gasteiger charge is 2.21. The van der Waals surface area contributed by atoms with E-state index in [2.05, 4.69) is 28.5 Å². The van der Waals surface area contributed by atoms with Gasteiger partial charge in [-0.1, -0.05) is 24.8 Å². The van der Waals surface area contributed by atoms with E-state index < -0.39 is 0 Å². The summed E-state index contributed by atoms with van der Waals surface area (Å²) in [6.45, 7) is 3.95. The van der Waals surface area contributed by atoms with Crippen molar-refractivity contribution in [3.8, 4) is 10.8 Å². The predicted octanol–water partition coefficient (Wildman–Crippen LogP) is 5.10. The fraction of sp³-hybridized carbons (Fsp3) is 0.350.